The van der Waals surface area contributed by atoms with Crippen LogP contribution in [0, 0.1) is 0 Å². The Labute approximate surface area is 105 Å². The first-order chi connectivity index (χ1) is 7.72. The zero-order chi connectivity index (χ0) is 11.5. The quantitative estimate of drug-likeness (QED) is 0.946. The van der Waals surface area contributed by atoms with Crippen LogP contribution in [0.1, 0.15) is 16.7 Å². The van der Waals surface area contributed by atoms with Crippen LogP contribution in [0.5, 0.6) is 5.88 Å². The molecule has 2 rings (SSSR count). The van der Waals surface area contributed by atoms with Crippen molar-refractivity contribution in [2.75, 3.05) is 7.11 Å². The van der Waals surface area contributed by atoms with E-state index < -0.39 is 6.10 Å². The Hall–Kier alpha value is -0.980. The summed E-state index contributed by atoms with van der Waals surface area (Å²) in [6.45, 7) is 0. The highest BCUT2D eigenvalue weighted by molar-refractivity contribution is 9.10. The third kappa shape index (κ3) is 2.23. The number of aliphatic hydroxyl groups excluding tert-OH is 1. The van der Waals surface area contributed by atoms with Gasteiger partial charge in [0, 0.05) is 27.1 Å². The second-order valence-corrected chi connectivity index (χ2v) is 4.88. The maximum absolute atomic E-state index is 10.1. The molecule has 0 bridgehead atoms. The molecule has 0 aliphatic carbocycles. The lowest BCUT2D eigenvalue weighted by molar-refractivity contribution is 0.211. The van der Waals surface area contributed by atoms with Crippen LogP contribution >= 0.6 is 27.3 Å². The van der Waals surface area contributed by atoms with Gasteiger partial charge in [-0.15, -0.1) is 11.3 Å². The zero-order valence-corrected chi connectivity index (χ0v) is 10.8. The summed E-state index contributed by atoms with van der Waals surface area (Å²) in [7, 11) is 1.50. The van der Waals surface area contributed by atoms with Crippen LogP contribution in [-0.4, -0.2) is 22.2 Å². The van der Waals surface area contributed by atoms with Gasteiger partial charge in [-0.3, -0.25) is 4.98 Å². The normalized spacial score (nSPS) is 12.4. The fourth-order valence-corrected chi connectivity index (χ4v) is 2.72. The van der Waals surface area contributed by atoms with Crippen LogP contribution in [0.15, 0.2) is 28.3 Å². The number of nitrogens with zero attached hydrogens (tertiary/aromatic N) is 2. The fourth-order valence-electron chi connectivity index (χ4n) is 1.29. The van der Waals surface area contributed by atoms with Gasteiger partial charge in [0.1, 0.15) is 11.8 Å². The summed E-state index contributed by atoms with van der Waals surface area (Å²) in [5.41, 5.74) is 0.430. The predicted molar refractivity (Wildman–Crippen MR) is 64.7 cm³/mol. The Morgan fingerprint density at radius 3 is 2.81 bits per heavy atom. The number of thiophene rings is 1. The number of hydrogen-bond acceptors (Lipinski definition) is 5. The molecule has 6 heteroatoms. The first kappa shape index (κ1) is 11.5. The lowest BCUT2D eigenvalue weighted by Crippen LogP contribution is -2.04. The van der Waals surface area contributed by atoms with Crippen molar-refractivity contribution in [1.82, 2.24) is 9.97 Å². The van der Waals surface area contributed by atoms with E-state index in [1.807, 2.05) is 11.4 Å². The molecule has 0 aromatic carbocycles. The van der Waals surface area contributed by atoms with Gasteiger partial charge in [-0.2, -0.15) is 0 Å². The molecule has 2 aromatic rings. The Bertz CT molecular complexity index is 489. The lowest BCUT2D eigenvalue weighted by atomic mass is 10.2. The zero-order valence-electron chi connectivity index (χ0n) is 8.42. The summed E-state index contributed by atoms with van der Waals surface area (Å²) >= 11 is 4.79. The number of rotatable bonds is 3. The van der Waals surface area contributed by atoms with E-state index in [-0.39, 0.29) is 0 Å². The van der Waals surface area contributed by atoms with Crippen molar-refractivity contribution >= 4 is 27.3 Å². The summed E-state index contributed by atoms with van der Waals surface area (Å²) in [6, 6.07) is 1.85. The minimum absolute atomic E-state index is 0.347. The molecule has 2 aromatic heterocycles. The van der Waals surface area contributed by atoms with Crippen LogP contribution in [0.2, 0.25) is 0 Å². The van der Waals surface area contributed by atoms with Crippen molar-refractivity contribution in [2.24, 2.45) is 0 Å². The van der Waals surface area contributed by atoms with Crippen molar-refractivity contribution in [3.63, 3.8) is 0 Å². The van der Waals surface area contributed by atoms with Gasteiger partial charge in [0.05, 0.1) is 7.11 Å². The van der Waals surface area contributed by atoms with Gasteiger partial charge in [-0.05, 0) is 22.0 Å². The summed E-state index contributed by atoms with van der Waals surface area (Å²) in [5.74, 6) is 0.347. The Balaban J connectivity index is 2.36. The molecule has 0 spiro atoms. The highest BCUT2D eigenvalue weighted by atomic mass is 79.9. The standard InChI is InChI=1S/C10H9BrN2O2S/c1-15-10-8(12-2-3-13-10)9(14)7-4-6(11)5-16-7/h2-5,9,14H,1H3. The molecule has 0 saturated carbocycles. The fraction of sp³-hybridized carbons (Fsp3) is 0.200. The van der Waals surface area contributed by atoms with Gasteiger partial charge in [0.25, 0.3) is 0 Å². The maximum Gasteiger partial charge on any atom is 0.238 e. The van der Waals surface area contributed by atoms with Crippen LogP contribution in [0.3, 0.4) is 0 Å². The highest BCUT2D eigenvalue weighted by Gasteiger charge is 2.19. The SMILES string of the molecule is COc1nccnc1C(O)c1cc(Br)cs1. The van der Waals surface area contributed by atoms with Crippen molar-refractivity contribution in [1.29, 1.82) is 0 Å². The van der Waals surface area contributed by atoms with Crippen molar-refractivity contribution in [2.45, 2.75) is 6.10 Å². The van der Waals surface area contributed by atoms with E-state index >= 15 is 0 Å². The Morgan fingerprint density at radius 2 is 2.19 bits per heavy atom. The third-order valence-corrected chi connectivity index (χ3v) is 3.75. The molecule has 1 N–H and O–H groups in total. The van der Waals surface area contributed by atoms with Gasteiger partial charge < -0.3 is 9.84 Å². The molecule has 0 saturated heterocycles. The molecule has 84 valence electrons. The predicted octanol–water partition coefficient (Wildman–Crippen LogP) is 2.39. The number of methoxy groups -OCH3 is 1. The second kappa shape index (κ2) is 4.90. The Morgan fingerprint density at radius 1 is 1.44 bits per heavy atom. The average Bonchev–Trinajstić information content (AvgIpc) is 2.75. The van der Waals surface area contributed by atoms with Gasteiger partial charge in [-0.1, -0.05) is 0 Å². The highest BCUT2D eigenvalue weighted by Crippen LogP contribution is 2.31. The molecule has 0 fully saturated rings. The van der Waals surface area contributed by atoms with Crippen molar-refractivity contribution < 1.29 is 9.84 Å². The molecule has 2 heterocycles. The van der Waals surface area contributed by atoms with Gasteiger partial charge in [0.2, 0.25) is 5.88 Å². The van der Waals surface area contributed by atoms with E-state index in [1.165, 1.54) is 30.8 Å². The lowest BCUT2D eigenvalue weighted by Gasteiger charge is -2.10. The second-order valence-electron chi connectivity index (χ2n) is 3.02. The summed E-state index contributed by atoms with van der Waals surface area (Å²) < 4.78 is 5.99. The topological polar surface area (TPSA) is 55.2 Å². The number of hydrogen-bond donors (Lipinski definition) is 1. The number of aromatic nitrogens is 2. The molecular formula is C10H9BrN2O2S. The number of halogens is 1. The van der Waals surface area contributed by atoms with Crippen LogP contribution in [0.4, 0.5) is 0 Å². The first-order valence-corrected chi connectivity index (χ1v) is 6.16. The van der Waals surface area contributed by atoms with Crippen molar-refractivity contribution in [3.05, 3.63) is 38.9 Å². The van der Waals surface area contributed by atoms with E-state index in [0.29, 0.717) is 11.6 Å². The van der Waals surface area contributed by atoms with Crippen LogP contribution < -0.4 is 4.74 Å². The number of aliphatic hydroxyl groups is 1. The van der Waals surface area contributed by atoms with E-state index in [9.17, 15) is 5.11 Å². The summed E-state index contributed by atoms with van der Waals surface area (Å²) in [6.07, 6.45) is 2.25. The van der Waals surface area contributed by atoms with Gasteiger partial charge in [0.15, 0.2) is 0 Å². The molecular weight excluding hydrogens is 292 g/mol. The molecule has 0 radical (unpaired) electrons. The molecule has 1 atom stereocenters. The molecule has 16 heavy (non-hydrogen) atoms. The maximum atomic E-state index is 10.1. The largest absolute Gasteiger partial charge is 0.480 e. The van der Waals surface area contributed by atoms with E-state index in [1.54, 1.807) is 0 Å². The molecule has 0 amide bonds. The first-order valence-electron chi connectivity index (χ1n) is 4.49. The van der Waals surface area contributed by atoms with E-state index in [0.717, 1.165) is 9.35 Å². The summed E-state index contributed by atoms with van der Waals surface area (Å²) in [5, 5.41) is 12.0. The average molecular weight is 301 g/mol. The molecule has 0 aliphatic heterocycles. The van der Waals surface area contributed by atoms with Crippen LogP contribution in [-0.2, 0) is 0 Å². The van der Waals surface area contributed by atoms with Gasteiger partial charge >= 0.3 is 0 Å². The smallest absolute Gasteiger partial charge is 0.238 e. The van der Waals surface area contributed by atoms with Crippen LogP contribution in [0.25, 0.3) is 0 Å². The molecule has 4 nitrogen and oxygen atoms in total. The van der Waals surface area contributed by atoms with E-state index in [4.69, 9.17) is 4.74 Å². The molecule has 1 unspecified atom stereocenters. The minimum Gasteiger partial charge on any atom is -0.480 e. The summed E-state index contributed by atoms with van der Waals surface area (Å²) in [4.78, 5) is 8.88. The minimum atomic E-state index is -0.806. The monoisotopic (exact) mass is 300 g/mol. The number of ether oxygens (including phenoxy) is 1. The third-order valence-electron chi connectivity index (χ3n) is 2.00. The van der Waals surface area contributed by atoms with E-state index in [2.05, 4.69) is 25.9 Å². The van der Waals surface area contributed by atoms with Crippen molar-refractivity contribution in [3.8, 4) is 5.88 Å². The Kier molecular flexibility index (Phi) is 3.52. The molecule has 0 aliphatic rings. The van der Waals surface area contributed by atoms with Gasteiger partial charge in [-0.25, -0.2) is 4.98 Å².